The van der Waals surface area contributed by atoms with E-state index in [9.17, 15) is 47.4 Å². The number of benzene rings is 1. The Labute approximate surface area is 246 Å². The lowest BCUT2D eigenvalue weighted by atomic mass is 9.52. The van der Waals surface area contributed by atoms with E-state index in [1.807, 2.05) is 18.7 Å². The zero-order valence-electron chi connectivity index (χ0n) is 24.5. The molecule has 43 heavy (non-hydrogen) atoms. The highest BCUT2D eigenvalue weighted by Crippen LogP contribution is 2.53. The van der Waals surface area contributed by atoms with Crippen molar-refractivity contribution in [1.29, 1.82) is 0 Å². The quantitative estimate of drug-likeness (QED) is 0.409. The fraction of sp³-hybridized carbons (Fsp3) is 0.633. The first kappa shape index (κ1) is 31.3. The molecule has 0 radical (unpaired) electrons. The van der Waals surface area contributed by atoms with Crippen LogP contribution in [-0.4, -0.2) is 86.9 Å². The van der Waals surface area contributed by atoms with Crippen LogP contribution in [0.3, 0.4) is 0 Å². The van der Waals surface area contributed by atoms with Gasteiger partial charge in [-0.2, -0.15) is 13.2 Å². The number of nitrogens with two attached hydrogens (primary N) is 1. The maximum absolute atomic E-state index is 14.8. The van der Waals surface area contributed by atoms with E-state index in [1.165, 1.54) is 19.0 Å². The SMILES string of the molecule is CCN(Cc1cc(O)c2c(c1C(F)(F)F)C[C@H]1C[C@H]3[C@H](N(C)C)C(=O)C(C(N)=O)C(=O)[C@@]3(O)C(=O)C1C2=O)C1(C)CCC1. The Bertz CT molecular complexity index is 1440. The number of ketones is 4. The van der Waals surface area contributed by atoms with Crippen molar-refractivity contribution in [2.24, 2.45) is 29.4 Å². The van der Waals surface area contributed by atoms with E-state index in [0.29, 0.717) is 6.54 Å². The number of amides is 1. The first-order valence-corrected chi connectivity index (χ1v) is 14.4. The molecule has 0 aromatic heterocycles. The number of alkyl halides is 3. The number of hydrogen-bond acceptors (Lipinski definition) is 9. The van der Waals surface area contributed by atoms with Crippen molar-refractivity contribution in [2.75, 3.05) is 20.6 Å². The van der Waals surface area contributed by atoms with Crippen LogP contribution in [0.15, 0.2) is 6.07 Å². The molecule has 0 saturated heterocycles. The lowest BCUT2D eigenvalue weighted by Crippen LogP contribution is -2.74. The topological polar surface area (TPSA) is 158 Å². The monoisotopic (exact) mass is 607 g/mol. The predicted molar refractivity (Wildman–Crippen MR) is 145 cm³/mol. The maximum Gasteiger partial charge on any atom is 0.417 e. The number of phenols is 1. The van der Waals surface area contributed by atoms with Gasteiger partial charge in [-0.15, -0.1) is 0 Å². The number of phenolic OH excluding ortho intramolecular Hbond substituents is 1. The highest BCUT2D eigenvalue weighted by molar-refractivity contribution is 6.32. The van der Waals surface area contributed by atoms with Gasteiger partial charge in [0.25, 0.3) is 0 Å². The number of nitrogens with zero attached hydrogens (tertiary/aromatic N) is 2. The molecule has 0 bridgehead atoms. The lowest BCUT2D eigenvalue weighted by Gasteiger charge is -2.52. The number of rotatable bonds is 6. The van der Waals surface area contributed by atoms with E-state index >= 15 is 0 Å². The third-order valence-corrected chi connectivity index (χ3v) is 10.4. The fourth-order valence-electron chi connectivity index (χ4n) is 8.12. The van der Waals surface area contributed by atoms with Gasteiger partial charge in [-0.3, -0.25) is 33.8 Å². The zero-order valence-corrected chi connectivity index (χ0v) is 24.5. The molecule has 6 atom stereocenters. The van der Waals surface area contributed by atoms with E-state index < -0.39 is 99.4 Å². The van der Waals surface area contributed by atoms with Crippen molar-refractivity contribution < 1.29 is 47.4 Å². The van der Waals surface area contributed by atoms with Crippen molar-refractivity contribution >= 4 is 29.0 Å². The molecule has 1 amide bonds. The molecule has 0 spiro atoms. The fourth-order valence-corrected chi connectivity index (χ4v) is 8.12. The Kier molecular flexibility index (Phi) is 7.42. The highest BCUT2D eigenvalue weighted by Gasteiger charge is 2.69. The van der Waals surface area contributed by atoms with Crippen molar-refractivity contribution in [1.82, 2.24) is 9.80 Å². The van der Waals surface area contributed by atoms with E-state index in [2.05, 4.69) is 0 Å². The van der Waals surface area contributed by atoms with Crippen molar-refractivity contribution in [3.05, 3.63) is 28.3 Å². The second-order valence-corrected chi connectivity index (χ2v) is 12.9. The van der Waals surface area contributed by atoms with Gasteiger partial charge in [-0.1, -0.05) is 6.92 Å². The van der Waals surface area contributed by atoms with E-state index in [4.69, 9.17) is 5.73 Å². The third-order valence-electron chi connectivity index (χ3n) is 10.4. The first-order valence-electron chi connectivity index (χ1n) is 14.4. The summed E-state index contributed by atoms with van der Waals surface area (Å²) >= 11 is 0. The number of aliphatic hydroxyl groups is 1. The molecule has 234 valence electrons. The minimum Gasteiger partial charge on any atom is -0.507 e. The molecular formula is C30H36F3N3O7. The van der Waals surface area contributed by atoms with Crippen LogP contribution < -0.4 is 5.73 Å². The summed E-state index contributed by atoms with van der Waals surface area (Å²) in [5.74, 6) is -13.3. The highest BCUT2D eigenvalue weighted by atomic mass is 19.4. The second kappa shape index (κ2) is 10.2. The Hall–Kier alpha value is -3.16. The third kappa shape index (κ3) is 4.45. The van der Waals surface area contributed by atoms with Gasteiger partial charge in [0.1, 0.15) is 5.75 Å². The summed E-state index contributed by atoms with van der Waals surface area (Å²) in [5.41, 5.74) is -0.283. The molecule has 4 aliphatic carbocycles. The normalized spacial score (nSPS) is 31.9. The number of carbonyl (C=O) groups excluding carboxylic acids is 5. The molecule has 2 unspecified atom stereocenters. The molecule has 1 aromatic carbocycles. The Morgan fingerprint density at radius 1 is 1.14 bits per heavy atom. The van der Waals surface area contributed by atoms with Crippen molar-refractivity contribution in [3.8, 4) is 5.75 Å². The van der Waals surface area contributed by atoms with E-state index in [-0.39, 0.29) is 24.1 Å². The second-order valence-electron chi connectivity index (χ2n) is 12.9. The number of fused-ring (bicyclic) bond motifs is 3. The van der Waals surface area contributed by atoms with Crippen LogP contribution in [-0.2, 0) is 38.3 Å². The number of hydrogen-bond donors (Lipinski definition) is 3. The van der Waals surface area contributed by atoms with Crippen molar-refractivity contribution in [3.63, 3.8) is 0 Å². The van der Waals surface area contributed by atoms with Crippen LogP contribution >= 0.6 is 0 Å². The summed E-state index contributed by atoms with van der Waals surface area (Å²) in [6.07, 6.45) is -3.11. The molecule has 0 aliphatic heterocycles. The largest absolute Gasteiger partial charge is 0.507 e. The maximum atomic E-state index is 14.8. The molecule has 4 aliphatic rings. The average molecular weight is 608 g/mol. The average Bonchev–Trinajstić information content (AvgIpc) is 2.86. The molecule has 4 N–H and O–H groups in total. The molecule has 1 aromatic rings. The Balaban J connectivity index is 1.64. The van der Waals surface area contributed by atoms with Crippen molar-refractivity contribution in [2.45, 2.75) is 75.9 Å². The summed E-state index contributed by atoms with van der Waals surface area (Å²) in [6.45, 7) is 4.16. The molecule has 3 saturated carbocycles. The molecule has 5 rings (SSSR count). The van der Waals surface area contributed by atoms with Crippen LogP contribution in [0.1, 0.15) is 66.6 Å². The molecule has 13 heteroatoms. The van der Waals surface area contributed by atoms with Gasteiger partial charge < -0.3 is 15.9 Å². The minimum atomic E-state index is -4.91. The van der Waals surface area contributed by atoms with Gasteiger partial charge in [0.05, 0.1) is 23.1 Å². The predicted octanol–water partition coefficient (Wildman–Crippen LogP) is 1.65. The van der Waals surface area contributed by atoms with Gasteiger partial charge >= 0.3 is 6.18 Å². The van der Waals surface area contributed by atoms with Gasteiger partial charge in [0.15, 0.2) is 34.7 Å². The molecular weight excluding hydrogens is 571 g/mol. The summed E-state index contributed by atoms with van der Waals surface area (Å²) in [6, 6.07) is -0.421. The number of Topliss-reactive ketones (excluding diaryl/α,β-unsaturated/α-hetero) is 4. The summed E-state index contributed by atoms with van der Waals surface area (Å²) < 4.78 is 44.4. The number of halogens is 3. The van der Waals surface area contributed by atoms with Gasteiger partial charge in [-0.25, -0.2) is 0 Å². The lowest BCUT2D eigenvalue weighted by molar-refractivity contribution is -0.181. The van der Waals surface area contributed by atoms with E-state index in [1.54, 1.807) is 0 Å². The number of carbonyl (C=O) groups is 5. The number of aromatic hydroxyl groups is 1. The smallest absolute Gasteiger partial charge is 0.417 e. The minimum absolute atomic E-state index is 0.119. The van der Waals surface area contributed by atoms with E-state index in [0.717, 1.165) is 25.3 Å². The summed E-state index contributed by atoms with van der Waals surface area (Å²) in [5, 5.41) is 22.6. The van der Waals surface area contributed by atoms with Crippen LogP contribution in [0.5, 0.6) is 5.75 Å². The zero-order chi connectivity index (χ0) is 32.0. The number of primary amides is 1. The van der Waals surface area contributed by atoms with Gasteiger partial charge in [-0.05, 0) is 82.8 Å². The Morgan fingerprint density at radius 2 is 1.77 bits per heavy atom. The standard InChI is InChI=1S/C30H36F3N3O7/c1-5-36(28(2)7-6-8-28)12-14-11-17(37)19-15(21(14)30(31,32)33)9-13-10-16-22(35(3)4)24(39)20(27(34)42)26(41)29(16,43)25(40)18(13)23(19)38/h11,13,16,18,20,22,37,43H,5-10,12H2,1-4H3,(H2,34,42)/t13-,16-,18?,20?,22-,29-/m0/s1. The van der Waals surface area contributed by atoms with Crippen LogP contribution in [0.2, 0.25) is 0 Å². The summed E-state index contributed by atoms with van der Waals surface area (Å²) in [4.78, 5) is 69.6. The summed E-state index contributed by atoms with van der Waals surface area (Å²) in [7, 11) is 2.87. The Morgan fingerprint density at radius 3 is 2.26 bits per heavy atom. The van der Waals surface area contributed by atoms with Gasteiger partial charge in [0, 0.05) is 18.0 Å². The molecule has 0 heterocycles. The molecule has 10 nitrogen and oxygen atoms in total. The first-order chi connectivity index (χ1) is 19.9. The van der Waals surface area contributed by atoms with Crippen LogP contribution in [0.4, 0.5) is 13.2 Å². The van der Waals surface area contributed by atoms with Crippen LogP contribution in [0, 0.1) is 23.7 Å². The van der Waals surface area contributed by atoms with Gasteiger partial charge in [0.2, 0.25) is 5.91 Å². The van der Waals surface area contributed by atoms with Crippen LogP contribution in [0.25, 0.3) is 0 Å². The molecule has 3 fully saturated rings. The number of likely N-dealkylation sites (N-methyl/N-ethyl adjacent to an activating group) is 1.